The molecular formula is C29H27N3O4. The van der Waals surface area contributed by atoms with Gasteiger partial charge in [-0.3, -0.25) is 14.4 Å². The van der Waals surface area contributed by atoms with Crippen LogP contribution >= 0.6 is 0 Å². The lowest BCUT2D eigenvalue weighted by molar-refractivity contribution is -0.126. The summed E-state index contributed by atoms with van der Waals surface area (Å²) in [6.45, 7) is 2.65. The van der Waals surface area contributed by atoms with E-state index in [0.29, 0.717) is 18.0 Å². The van der Waals surface area contributed by atoms with Gasteiger partial charge >= 0.3 is 0 Å². The van der Waals surface area contributed by atoms with Crippen molar-refractivity contribution in [3.63, 3.8) is 0 Å². The van der Waals surface area contributed by atoms with Crippen LogP contribution in [0.25, 0.3) is 10.9 Å². The van der Waals surface area contributed by atoms with Gasteiger partial charge < -0.3 is 9.30 Å². The minimum absolute atomic E-state index is 0.261. The molecule has 3 aromatic carbocycles. The monoisotopic (exact) mass is 481 g/mol. The number of hydroxylamine groups is 1. The summed E-state index contributed by atoms with van der Waals surface area (Å²) >= 11 is 0. The first-order valence-electron chi connectivity index (χ1n) is 12.2. The summed E-state index contributed by atoms with van der Waals surface area (Å²) in [5.41, 5.74) is 3.33. The summed E-state index contributed by atoms with van der Waals surface area (Å²) in [7, 11) is 1.99. The Bertz CT molecular complexity index is 1430. The lowest BCUT2D eigenvalue weighted by Gasteiger charge is -2.28. The van der Waals surface area contributed by atoms with Crippen molar-refractivity contribution in [3.05, 3.63) is 90.6 Å². The maximum Gasteiger partial charge on any atom is 0.266 e. The number of amides is 2. The zero-order chi connectivity index (χ0) is 24.8. The minimum Gasteiger partial charge on any atom is -0.494 e. The third kappa shape index (κ3) is 3.46. The van der Waals surface area contributed by atoms with Crippen LogP contribution in [0.3, 0.4) is 0 Å². The molecule has 0 saturated carbocycles. The fraction of sp³-hybridized carbons (Fsp3) is 0.241. The lowest BCUT2D eigenvalue weighted by Crippen LogP contribution is -2.37. The molecule has 3 atom stereocenters. The second kappa shape index (κ2) is 8.84. The van der Waals surface area contributed by atoms with E-state index in [0.717, 1.165) is 28.6 Å². The Kier molecular flexibility index (Phi) is 5.49. The number of fused-ring (bicyclic) bond motifs is 2. The highest BCUT2D eigenvalue weighted by Gasteiger charge is 2.60. The van der Waals surface area contributed by atoms with E-state index < -0.39 is 18.1 Å². The van der Waals surface area contributed by atoms with E-state index in [-0.39, 0.29) is 11.8 Å². The molecule has 7 heteroatoms. The molecule has 2 aliphatic rings. The van der Waals surface area contributed by atoms with Crippen molar-refractivity contribution in [2.24, 2.45) is 13.0 Å². The average Bonchev–Trinajstić information content (AvgIpc) is 3.54. The number of hydrogen-bond acceptors (Lipinski definition) is 5. The number of imide groups is 1. The summed E-state index contributed by atoms with van der Waals surface area (Å²) in [4.78, 5) is 35.1. The highest BCUT2D eigenvalue weighted by Crippen LogP contribution is 2.49. The molecule has 0 N–H and O–H groups in total. The van der Waals surface area contributed by atoms with Crippen LogP contribution in [-0.2, 0) is 21.5 Å². The van der Waals surface area contributed by atoms with Gasteiger partial charge in [0.15, 0.2) is 6.10 Å². The number of hydrogen-bond donors (Lipinski definition) is 0. The highest BCUT2D eigenvalue weighted by atomic mass is 16.7. The van der Waals surface area contributed by atoms with Crippen LogP contribution < -0.4 is 14.7 Å². The van der Waals surface area contributed by atoms with Gasteiger partial charge in [0.05, 0.1) is 24.0 Å². The number of rotatable bonds is 6. The van der Waals surface area contributed by atoms with Crippen LogP contribution in [0.15, 0.2) is 85.1 Å². The molecule has 2 amide bonds. The van der Waals surface area contributed by atoms with Crippen molar-refractivity contribution in [2.45, 2.75) is 25.5 Å². The number of carbonyl (C=O) groups excluding carboxylic acids is 2. The third-order valence-electron chi connectivity index (χ3n) is 6.94. The molecule has 0 bridgehead atoms. The molecule has 4 aromatic rings. The third-order valence-corrected chi connectivity index (χ3v) is 6.94. The molecule has 0 radical (unpaired) electrons. The Morgan fingerprint density at radius 1 is 0.861 bits per heavy atom. The molecule has 3 heterocycles. The van der Waals surface area contributed by atoms with Crippen molar-refractivity contribution in [1.82, 2.24) is 4.57 Å². The molecule has 6 rings (SSSR count). The van der Waals surface area contributed by atoms with Crippen LogP contribution in [0.2, 0.25) is 0 Å². The number of aryl methyl sites for hydroxylation is 1. The van der Waals surface area contributed by atoms with E-state index in [2.05, 4.69) is 16.7 Å². The lowest BCUT2D eigenvalue weighted by atomic mass is 9.90. The smallest absolute Gasteiger partial charge is 0.266 e. The number of nitrogens with zero attached hydrogens (tertiary/aromatic N) is 3. The summed E-state index contributed by atoms with van der Waals surface area (Å²) in [5, 5.41) is 2.78. The normalized spacial score (nSPS) is 21.4. The largest absolute Gasteiger partial charge is 0.494 e. The van der Waals surface area contributed by atoms with Gasteiger partial charge in [0.25, 0.3) is 5.91 Å². The average molecular weight is 482 g/mol. The topological polar surface area (TPSA) is 64.0 Å². The van der Waals surface area contributed by atoms with E-state index in [1.165, 1.54) is 4.90 Å². The molecule has 0 aliphatic carbocycles. The van der Waals surface area contributed by atoms with Gasteiger partial charge in [-0.1, -0.05) is 43.3 Å². The number of carbonyl (C=O) groups is 2. The van der Waals surface area contributed by atoms with Crippen molar-refractivity contribution < 1.29 is 19.2 Å². The molecule has 2 saturated heterocycles. The maximum atomic E-state index is 13.9. The molecular weight excluding hydrogens is 454 g/mol. The number of para-hydroxylation sites is 2. The zero-order valence-electron chi connectivity index (χ0n) is 20.2. The summed E-state index contributed by atoms with van der Waals surface area (Å²) in [6.07, 6.45) is 2.04. The summed E-state index contributed by atoms with van der Waals surface area (Å²) in [6, 6.07) is 24.3. The van der Waals surface area contributed by atoms with Crippen molar-refractivity contribution >= 4 is 34.1 Å². The Morgan fingerprint density at radius 2 is 1.58 bits per heavy atom. The zero-order valence-corrected chi connectivity index (χ0v) is 20.2. The fourth-order valence-electron chi connectivity index (χ4n) is 5.30. The maximum absolute atomic E-state index is 13.9. The van der Waals surface area contributed by atoms with E-state index in [1.807, 2.05) is 62.6 Å². The molecule has 1 aromatic heterocycles. The molecule has 7 nitrogen and oxygen atoms in total. The second-order valence-corrected chi connectivity index (χ2v) is 9.22. The van der Waals surface area contributed by atoms with Gasteiger partial charge in [-0.05, 0) is 48.9 Å². The van der Waals surface area contributed by atoms with Crippen LogP contribution in [0.5, 0.6) is 5.75 Å². The van der Waals surface area contributed by atoms with Crippen LogP contribution in [0, 0.1) is 5.92 Å². The highest BCUT2D eigenvalue weighted by molar-refractivity contribution is 6.24. The first-order valence-corrected chi connectivity index (χ1v) is 12.2. The van der Waals surface area contributed by atoms with Gasteiger partial charge in [0.1, 0.15) is 11.7 Å². The molecule has 36 heavy (non-hydrogen) atoms. The number of anilines is 2. The van der Waals surface area contributed by atoms with Gasteiger partial charge in [-0.2, -0.15) is 0 Å². The molecule has 2 aliphatic heterocycles. The predicted octanol–water partition coefficient (Wildman–Crippen LogP) is 5.02. The Morgan fingerprint density at radius 3 is 2.33 bits per heavy atom. The van der Waals surface area contributed by atoms with Crippen molar-refractivity contribution in [1.29, 1.82) is 0 Å². The van der Waals surface area contributed by atoms with E-state index in [1.54, 1.807) is 29.3 Å². The first-order chi connectivity index (χ1) is 17.6. The predicted molar refractivity (Wildman–Crippen MR) is 138 cm³/mol. The Hall–Kier alpha value is -4.10. The quantitative estimate of drug-likeness (QED) is 0.362. The van der Waals surface area contributed by atoms with Crippen molar-refractivity contribution in [2.75, 3.05) is 16.6 Å². The van der Waals surface area contributed by atoms with Gasteiger partial charge in [0, 0.05) is 29.7 Å². The standard InChI is InChI=1S/C29H27N3O4/c1-3-17-35-21-15-13-19(14-16-21)31-28(33)25-26(23-18-30(2)24-12-8-7-11-22(23)24)32(36-27(25)29(31)34)20-9-5-4-6-10-20/h4-16,18,25-27H,3,17H2,1-2H3/t25-,26+,27+/m0/s1. The molecule has 0 spiro atoms. The van der Waals surface area contributed by atoms with Gasteiger partial charge in [-0.25, -0.2) is 9.96 Å². The second-order valence-electron chi connectivity index (χ2n) is 9.22. The van der Waals surface area contributed by atoms with Crippen LogP contribution in [0.4, 0.5) is 11.4 Å². The summed E-state index contributed by atoms with van der Waals surface area (Å²) in [5.74, 6) is -0.584. The Labute approximate surface area is 209 Å². The van der Waals surface area contributed by atoms with Gasteiger partial charge in [0.2, 0.25) is 5.91 Å². The number of ether oxygens (including phenoxy) is 1. The molecule has 0 unspecified atom stereocenters. The van der Waals surface area contributed by atoms with Crippen LogP contribution in [0.1, 0.15) is 24.9 Å². The van der Waals surface area contributed by atoms with E-state index in [9.17, 15) is 9.59 Å². The molecule has 182 valence electrons. The summed E-state index contributed by atoms with van der Waals surface area (Å²) < 4.78 is 7.71. The number of aromatic nitrogens is 1. The van der Waals surface area contributed by atoms with Crippen molar-refractivity contribution in [3.8, 4) is 5.75 Å². The van der Waals surface area contributed by atoms with Gasteiger partial charge in [-0.15, -0.1) is 0 Å². The fourth-order valence-corrected chi connectivity index (χ4v) is 5.30. The molecule has 2 fully saturated rings. The SMILES string of the molecule is CCCOc1ccc(N2C(=O)[C@H]3[C@@H](c4cn(C)c5ccccc45)N(c4ccccc4)O[C@H]3C2=O)cc1. The Balaban J connectivity index is 1.42. The van der Waals surface area contributed by atoms with E-state index in [4.69, 9.17) is 9.57 Å². The van der Waals surface area contributed by atoms with Crippen LogP contribution in [-0.4, -0.2) is 29.1 Å². The first kappa shape index (κ1) is 22.4. The van der Waals surface area contributed by atoms with E-state index >= 15 is 0 Å². The minimum atomic E-state index is -0.905. The number of benzene rings is 3.